The van der Waals surface area contributed by atoms with E-state index in [9.17, 15) is 22.4 Å². The second-order valence-corrected chi connectivity index (χ2v) is 12.2. The molecule has 2 saturated heterocycles. The van der Waals surface area contributed by atoms with Crippen LogP contribution < -0.4 is 9.62 Å². The van der Waals surface area contributed by atoms with Gasteiger partial charge in [-0.2, -0.15) is 4.72 Å². The normalized spacial score (nSPS) is 19.0. The van der Waals surface area contributed by atoms with E-state index in [1.807, 2.05) is 0 Å². The van der Waals surface area contributed by atoms with Crippen molar-refractivity contribution in [3.05, 3.63) is 56.3 Å². The fourth-order valence-electron chi connectivity index (χ4n) is 4.32. The van der Waals surface area contributed by atoms with Crippen LogP contribution in [-0.2, 0) is 14.8 Å². The van der Waals surface area contributed by atoms with Crippen LogP contribution >= 0.6 is 22.9 Å². The number of likely N-dealkylation sites (tertiary alicyclic amines) is 1. The van der Waals surface area contributed by atoms with Crippen LogP contribution in [0.3, 0.4) is 0 Å². The molecule has 2 aromatic rings. The summed E-state index contributed by atoms with van der Waals surface area (Å²) in [5.41, 5.74) is 0.213. The predicted octanol–water partition coefficient (Wildman–Crippen LogP) is 3.40. The van der Waals surface area contributed by atoms with Crippen LogP contribution in [0.15, 0.2) is 35.7 Å². The maximum Gasteiger partial charge on any atom is 0.253 e. The molecule has 0 bridgehead atoms. The Morgan fingerprint density at radius 1 is 1.25 bits per heavy atom. The van der Waals surface area contributed by atoms with Crippen LogP contribution in [0.2, 0.25) is 4.34 Å². The molecule has 0 saturated carbocycles. The Labute approximate surface area is 219 Å². The van der Waals surface area contributed by atoms with Crippen molar-refractivity contribution in [2.45, 2.75) is 25.3 Å². The van der Waals surface area contributed by atoms with E-state index >= 15 is 0 Å². The fraction of sp³-hybridized carbons (Fsp3) is 0.417. The Balaban J connectivity index is 1.37. The van der Waals surface area contributed by atoms with Gasteiger partial charge in [0.15, 0.2) is 0 Å². The lowest BCUT2D eigenvalue weighted by Gasteiger charge is -2.22. The smallest absolute Gasteiger partial charge is 0.253 e. The number of benzene rings is 1. The molecule has 1 unspecified atom stereocenters. The number of amides is 2. The van der Waals surface area contributed by atoms with Gasteiger partial charge in [-0.15, -0.1) is 11.3 Å². The van der Waals surface area contributed by atoms with Crippen molar-refractivity contribution in [3.63, 3.8) is 0 Å². The average Bonchev–Trinajstić information content (AvgIpc) is 3.59. The van der Waals surface area contributed by atoms with Crippen molar-refractivity contribution >= 4 is 56.5 Å². The van der Waals surface area contributed by atoms with Crippen LogP contribution in [0.4, 0.5) is 10.1 Å². The summed E-state index contributed by atoms with van der Waals surface area (Å²) >= 11 is 7.08. The summed E-state index contributed by atoms with van der Waals surface area (Å²) in [5.74, 6) is -1.55. The minimum Gasteiger partial charge on any atom is -0.340 e. The van der Waals surface area contributed by atoms with E-state index in [0.29, 0.717) is 15.8 Å². The SMILES string of the molecule is CN(CCN1CCCC1)C(=O)c1ccc(N2CCC(NS(=O)(=O)/C=C/c3ccc(Cl)s3)C2=O)c(F)c1. The quantitative estimate of drug-likeness (QED) is 0.513. The molecule has 2 aliphatic rings. The lowest BCUT2D eigenvalue weighted by atomic mass is 10.1. The third-order valence-corrected chi connectivity index (χ3v) is 8.60. The highest BCUT2D eigenvalue weighted by Gasteiger charge is 2.36. The van der Waals surface area contributed by atoms with Crippen molar-refractivity contribution in [1.82, 2.24) is 14.5 Å². The second-order valence-electron chi connectivity index (χ2n) is 8.88. The first-order chi connectivity index (χ1) is 17.1. The number of rotatable bonds is 9. The number of hydrogen-bond donors (Lipinski definition) is 1. The number of nitrogens with zero attached hydrogens (tertiary/aromatic N) is 3. The van der Waals surface area contributed by atoms with Crippen LogP contribution in [-0.4, -0.2) is 75.8 Å². The first-order valence-corrected chi connectivity index (χ1v) is 14.4. The Bertz CT molecular complexity index is 1260. The van der Waals surface area contributed by atoms with Gasteiger partial charge in [0.1, 0.15) is 11.9 Å². The van der Waals surface area contributed by atoms with Gasteiger partial charge in [-0.25, -0.2) is 12.8 Å². The number of nitrogens with one attached hydrogen (secondary N) is 1. The molecule has 1 N–H and O–H groups in total. The zero-order chi connectivity index (χ0) is 25.9. The van der Waals surface area contributed by atoms with Crippen LogP contribution in [0, 0.1) is 5.82 Å². The molecule has 36 heavy (non-hydrogen) atoms. The maximum atomic E-state index is 15.0. The number of hydrogen-bond acceptors (Lipinski definition) is 6. The molecular formula is C24H28ClFN4O4S2. The first kappa shape index (κ1) is 26.7. The van der Waals surface area contributed by atoms with E-state index in [0.717, 1.165) is 31.1 Å². The highest BCUT2D eigenvalue weighted by Crippen LogP contribution is 2.27. The number of likely N-dealkylation sites (N-methyl/N-ethyl adjacent to an activating group) is 1. The van der Waals surface area contributed by atoms with E-state index in [-0.39, 0.29) is 30.1 Å². The van der Waals surface area contributed by atoms with Gasteiger partial charge in [0.25, 0.3) is 5.91 Å². The largest absolute Gasteiger partial charge is 0.340 e. The van der Waals surface area contributed by atoms with Gasteiger partial charge >= 0.3 is 0 Å². The van der Waals surface area contributed by atoms with Crippen molar-refractivity contribution in [2.24, 2.45) is 0 Å². The molecule has 2 fully saturated rings. The fourth-order valence-corrected chi connectivity index (χ4v) is 6.39. The lowest BCUT2D eigenvalue weighted by Crippen LogP contribution is -2.41. The van der Waals surface area contributed by atoms with Crippen LogP contribution in [0.5, 0.6) is 0 Å². The number of carbonyl (C=O) groups excluding carboxylic acids is 2. The number of anilines is 1. The van der Waals surface area contributed by atoms with Gasteiger partial charge in [-0.1, -0.05) is 11.6 Å². The lowest BCUT2D eigenvalue weighted by molar-refractivity contribution is -0.118. The molecule has 1 atom stereocenters. The Hall–Kier alpha value is -2.31. The predicted molar refractivity (Wildman–Crippen MR) is 140 cm³/mol. The summed E-state index contributed by atoms with van der Waals surface area (Å²) < 4.78 is 42.7. The molecule has 8 nitrogen and oxygen atoms in total. The first-order valence-electron chi connectivity index (χ1n) is 11.7. The number of carbonyl (C=O) groups is 2. The van der Waals surface area contributed by atoms with Gasteiger partial charge in [0.2, 0.25) is 15.9 Å². The summed E-state index contributed by atoms with van der Waals surface area (Å²) in [6.45, 7) is 3.54. The van der Waals surface area contributed by atoms with E-state index in [1.54, 1.807) is 24.1 Å². The van der Waals surface area contributed by atoms with E-state index in [1.165, 1.54) is 47.3 Å². The van der Waals surface area contributed by atoms with E-state index in [4.69, 9.17) is 11.6 Å². The molecule has 1 aromatic heterocycles. The summed E-state index contributed by atoms with van der Waals surface area (Å²) in [6, 6.07) is 6.35. The number of thiophene rings is 1. The zero-order valence-electron chi connectivity index (χ0n) is 19.8. The Morgan fingerprint density at radius 3 is 2.67 bits per heavy atom. The molecule has 0 radical (unpaired) electrons. The van der Waals surface area contributed by atoms with Crippen LogP contribution in [0.1, 0.15) is 34.5 Å². The summed E-state index contributed by atoms with van der Waals surface area (Å²) in [4.78, 5) is 31.3. The van der Waals surface area contributed by atoms with E-state index < -0.39 is 27.8 Å². The zero-order valence-corrected chi connectivity index (χ0v) is 22.2. The number of sulfonamides is 1. The minimum absolute atomic E-state index is 0.0155. The molecule has 2 amide bonds. The summed E-state index contributed by atoms with van der Waals surface area (Å²) in [6.07, 6.45) is 3.93. The topological polar surface area (TPSA) is 90.0 Å². The van der Waals surface area contributed by atoms with E-state index in [2.05, 4.69) is 9.62 Å². The van der Waals surface area contributed by atoms with Crippen molar-refractivity contribution in [2.75, 3.05) is 44.7 Å². The van der Waals surface area contributed by atoms with Crippen LogP contribution in [0.25, 0.3) is 6.08 Å². The van der Waals surface area contributed by atoms with Crippen molar-refractivity contribution in [3.8, 4) is 0 Å². The third-order valence-electron chi connectivity index (χ3n) is 6.30. The van der Waals surface area contributed by atoms with Gasteiger partial charge in [-0.3, -0.25) is 9.59 Å². The molecule has 194 valence electrons. The Morgan fingerprint density at radius 2 is 2.00 bits per heavy atom. The molecule has 12 heteroatoms. The second kappa shape index (κ2) is 11.4. The van der Waals surface area contributed by atoms with Crippen molar-refractivity contribution < 1.29 is 22.4 Å². The van der Waals surface area contributed by atoms with Gasteiger partial charge in [-0.05, 0) is 68.8 Å². The molecule has 4 rings (SSSR count). The van der Waals surface area contributed by atoms with Gasteiger partial charge < -0.3 is 14.7 Å². The molecule has 2 aliphatic heterocycles. The Kier molecular flexibility index (Phi) is 8.46. The highest BCUT2D eigenvalue weighted by atomic mass is 35.5. The summed E-state index contributed by atoms with van der Waals surface area (Å²) in [7, 11) is -2.22. The molecule has 0 aliphatic carbocycles. The maximum absolute atomic E-state index is 15.0. The van der Waals surface area contributed by atoms with Crippen molar-refractivity contribution in [1.29, 1.82) is 0 Å². The highest BCUT2D eigenvalue weighted by molar-refractivity contribution is 7.92. The third kappa shape index (κ3) is 6.51. The monoisotopic (exact) mass is 554 g/mol. The minimum atomic E-state index is -3.90. The molecule has 0 spiro atoms. The summed E-state index contributed by atoms with van der Waals surface area (Å²) in [5, 5.41) is 0.978. The standard InChI is InChI=1S/C24H28ClFN4O4S2/c1-28(13-14-29-10-2-3-11-29)23(31)17-4-6-21(19(26)16-17)30-12-8-20(24(30)32)27-36(33,34)15-9-18-5-7-22(25)35-18/h4-7,9,15-16,20,27H,2-3,8,10-14H2,1H3/b15-9+. The number of halogens is 2. The van der Waals surface area contributed by atoms with Gasteiger partial charge in [0, 0.05) is 42.5 Å². The molecule has 1 aromatic carbocycles. The molecular weight excluding hydrogens is 527 g/mol. The average molecular weight is 555 g/mol. The van der Waals surface area contributed by atoms with Gasteiger partial charge in [0.05, 0.1) is 10.0 Å². The molecule has 3 heterocycles.